The number of hydrogen-bond donors (Lipinski definition) is 1. The van der Waals surface area contributed by atoms with Crippen LogP contribution in [0.2, 0.25) is 0 Å². The average molecular weight is 439 g/mol. The zero-order chi connectivity index (χ0) is 21.6. The van der Waals surface area contributed by atoms with E-state index in [0.717, 1.165) is 38.4 Å². The van der Waals surface area contributed by atoms with Gasteiger partial charge in [0.15, 0.2) is 11.6 Å². The molecule has 8 heteroatoms. The highest BCUT2D eigenvalue weighted by Crippen LogP contribution is 2.25. The maximum absolute atomic E-state index is 12.9. The van der Waals surface area contributed by atoms with Crippen LogP contribution < -0.4 is 5.32 Å². The standard InChI is InChI=1S/C23H26N4O3S/c1-16-20(23(31-2)26-21(25-16)19-4-3-11-30-19)22(28)24-14-17-5-7-18(8-6-17)15-27-9-12-29-13-10-27/h3-8,11H,9-10,12-15H2,1-2H3,(H,24,28). The van der Waals surface area contributed by atoms with Gasteiger partial charge in [0.2, 0.25) is 0 Å². The number of furan rings is 1. The Balaban J connectivity index is 1.40. The zero-order valence-electron chi connectivity index (χ0n) is 17.8. The molecule has 1 fully saturated rings. The number of thioether (sulfide) groups is 1. The first-order valence-corrected chi connectivity index (χ1v) is 11.5. The Morgan fingerprint density at radius 2 is 1.87 bits per heavy atom. The number of carbonyl (C=O) groups excluding carboxylic acids is 1. The summed E-state index contributed by atoms with van der Waals surface area (Å²) in [5.74, 6) is 0.895. The Labute approximate surface area is 186 Å². The lowest BCUT2D eigenvalue weighted by atomic mass is 10.1. The SMILES string of the molecule is CSc1nc(-c2ccco2)nc(C)c1C(=O)NCc1ccc(CN2CCOCC2)cc1. The number of aryl methyl sites for hydroxylation is 1. The normalized spacial score (nSPS) is 14.5. The van der Waals surface area contributed by atoms with E-state index in [4.69, 9.17) is 9.15 Å². The van der Waals surface area contributed by atoms with E-state index in [-0.39, 0.29) is 5.91 Å². The summed E-state index contributed by atoms with van der Waals surface area (Å²) >= 11 is 1.42. The van der Waals surface area contributed by atoms with Gasteiger partial charge >= 0.3 is 0 Å². The first-order chi connectivity index (χ1) is 15.1. The Hall–Kier alpha value is -2.68. The smallest absolute Gasteiger partial charge is 0.256 e. The molecule has 0 saturated carbocycles. The lowest BCUT2D eigenvalue weighted by Crippen LogP contribution is -2.35. The van der Waals surface area contributed by atoms with Crippen LogP contribution in [-0.2, 0) is 17.8 Å². The van der Waals surface area contributed by atoms with Crippen LogP contribution in [0.3, 0.4) is 0 Å². The Kier molecular flexibility index (Phi) is 7.01. The third-order valence-corrected chi connectivity index (χ3v) is 5.89. The van der Waals surface area contributed by atoms with Gasteiger partial charge in [-0.25, -0.2) is 9.97 Å². The molecule has 3 heterocycles. The number of aromatic nitrogens is 2. The van der Waals surface area contributed by atoms with Gasteiger partial charge in [-0.15, -0.1) is 11.8 Å². The molecule has 0 aliphatic carbocycles. The molecule has 7 nitrogen and oxygen atoms in total. The first kappa shape index (κ1) is 21.5. The molecule has 0 atom stereocenters. The van der Waals surface area contributed by atoms with Crippen LogP contribution in [-0.4, -0.2) is 53.3 Å². The van der Waals surface area contributed by atoms with E-state index < -0.39 is 0 Å². The molecule has 0 bridgehead atoms. The van der Waals surface area contributed by atoms with Crippen LogP contribution >= 0.6 is 11.8 Å². The summed E-state index contributed by atoms with van der Waals surface area (Å²) in [6.07, 6.45) is 3.48. The average Bonchev–Trinajstić information content (AvgIpc) is 3.33. The summed E-state index contributed by atoms with van der Waals surface area (Å²) < 4.78 is 10.8. The molecule has 0 radical (unpaired) electrons. The van der Waals surface area contributed by atoms with Gasteiger partial charge in [-0.2, -0.15) is 0 Å². The van der Waals surface area contributed by atoms with Crippen molar-refractivity contribution in [1.29, 1.82) is 0 Å². The van der Waals surface area contributed by atoms with E-state index in [1.807, 2.05) is 13.2 Å². The van der Waals surface area contributed by atoms with Gasteiger partial charge in [0.25, 0.3) is 5.91 Å². The predicted molar refractivity (Wildman–Crippen MR) is 120 cm³/mol. The van der Waals surface area contributed by atoms with Crippen molar-refractivity contribution in [3.8, 4) is 11.6 Å². The second kappa shape index (κ2) is 10.1. The van der Waals surface area contributed by atoms with Crippen LogP contribution in [0.15, 0.2) is 52.1 Å². The second-order valence-corrected chi connectivity index (χ2v) is 8.18. The largest absolute Gasteiger partial charge is 0.461 e. The lowest BCUT2D eigenvalue weighted by molar-refractivity contribution is 0.0342. The topological polar surface area (TPSA) is 80.5 Å². The fourth-order valence-electron chi connectivity index (χ4n) is 3.52. The van der Waals surface area contributed by atoms with E-state index in [1.54, 1.807) is 18.4 Å². The number of nitrogens with zero attached hydrogens (tertiary/aromatic N) is 3. The zero-order valence-corrected chi connectivity index (χ0v) is 18.6. The molecule has 0 unspecified atom stereocenters. The minimum atomic E-state index is -0.176. The number of carbonyl (C=O) groups is 1. The third kappa shape index (κ3) is 5.33. The summed E-state index contributed by atoms with van der Waals surface area (Å²) in [7, 11) is 0. The molecule has 2 aromatic heterocycles. The molecule has 1 amide bonds. The highest BCUT2D eigenvalue weighted by atomic mass is 32.2. The van der Waals surface area contributed by atoms with Gasteiger partial charge in [-0.1, -0.05) is 24.3 Å². The quantitative estimate of drug-likeness (QED) is 0.446. The molecule has 31 heavy (non-hydrogen) atoms. The van der Waals surface area contributed by atoms with E-state index in [1.165, 1.54) is 17.3 Å². The van der Waals surface area contributed by atoms with Gasteiger partial charge in [0.05, 0.1) is 30.7 Å². The van der Waals surface area contributed by atoms with Crippen molar-refractivity contribution in [3.63, 3.8) is 0 Å². The summed E-state index contributed by atoms with van der Waals surface area (Å²) in [6, 6.07) is 12.0. The van der Waals surface area contributed by atoms with Crippen molar-refractivity contribution in [2.75, 3.05) is 32.6 Å². The van der Waals surface area contributed by atoms with Gasteiger partial charge in [-0.05, 0) is 36.4 Å². The summed E-state index contributed by atoms with van der Waals surface area (Å²) in [4.78, 5) is 24.3. The van der Waals surface area contributed by atoms with Crippen LogP contribution in [0.5, 0.6) is 0 Å². The Morgan fingerprint density at radius 1 is 1.13 bits per heavy atom. The molecule has 1 aliphatic rings. The number of hydrogen-bond acceptors (Lipinski definition) is 7. The van der Waals surface area contributed by atoms with Gasteiger partial charge in [0.1, 0.15) is 5.03 Å². The summed E-state index contributed by atoms with van der Waals surface area (Å²) in [6.45, 7) is 6.73. The number of ether oxygens (including phenoxy) is 1. The Bertz CT molecular complexity index is 1020. The lowest BCUT2D eigenvalue weighted by Gasteiger charge is -2.26. The van der Waals surface area contributed by atoms with E-state index >= 15 is 0 Å². The number of nitrogens with one attached hydrogen (secondary N) is 1. The maximum atomic E-state index is 12.9. The molecule has 1 saturated heterocycles. The molecular formula is C23H26N4O3S. The molecule has 162 valence electrons. The van der Waals surface area contributed by atoms with Crippen molar-refractivity contribution >= 4 is 17.7 Å². The minimum Gasteiger partial charge on any atom is -0.461 e. The number of benzene rings is 1. The maximum Gasteiger partial charge on any atom is 0.256 e. The monoisotopic (exact) mass is 438 g/mol. The second-order valence-electron chi connectivity index (χ2n) is 7.38. The van der Waals surface area contributed by atoms with E-state index in [0.29, 0.717) is 34.4 Å². The highest BCUT2D eigenvalue weighted by molar-refractivity contribution is 7.98. The first-order valence-electron chi connectivity index (χ1n) is 10.3. The summed E-state index contributed by atoms with van der Waals surface area (Å²) in [5.41, 5.74) is 3.45. The van der Waals surface area contributed by atoms with Crippen LogP contribution in [0.1, 0.15) is 27.2 Å². The molecule has 4 rings (SSSR count). The van der Waals surface area contributed by atoms with Crippen molar-refractivity contribution in [2.45, 2.75) is 25.0 Å². The van der Waals surface area contributed by atoms with Crippen molar-refractivity contribution < 1.29 is 13.9 Å². The van der Waals surface area contributed by atoms with Crippen molar-refractivity contribution in [1.82, 2.24) is 20.2 Å². The molecule has 1 N–H and O–H groups in total. The third-order valence-electron chi connectivity index (χ3n) is 5.20. The predicted octanol–water partition coefficient (Wildman–Crippen LogP) is 3.53. The van der Waals surface area contributed by atoms with Gasteiger partial charge < -0.3 is 14.5 Å². The van der Waals surface area contributed by atoms with Crippen molar-refractivity contribution in [3.05, 3.63) is 65.0 Å². The fraction of sp³-hybridized carbons (Fsp3) is 0.348. The van der Waals surface area contributed by atoms with Gasteiger partial charge in [-0.3, -0.25) is 9.69 Å². The number of rotatable bonds is 7. The highest BCUT2D eigenvalue weighted by Gasteiger charge is 2.19. The van der Waals surface area contributed by atoms with Crippen LogP contribution in [0, 0.1) is 6.92 Å². The molecule has 3 aromatic rings. The van der Waals surface area contributed by atoms with E-state index in [2.05, 4.69) is 44.5 Å². The summed E-state index contributed by atoms with van der Waals surface area (Å²) in [5, 5.41) is 3.64. The number of amides is 1. The van der Waals surface area contributed by atoms with E-state index in [9.17, 15) is 4.79 Å². The fourth-order valence-corrected chi connectivity index (χ4v) is 4.14. The molecule has 1 aliphatic heterocycles. The molecule has 1 aromatic carbocycles. The minimum absolute atomic E-state index is 0.176. The van der Waals surface area contributed by atoms with Crippen LogP contribution in [0.25, 0.3) is 11.6 Å². The molecule has 0 spiro atoms. The molecular weight excluding hydrogens is 412 g/mol. The Morgan fingerprint density at radius 3 is 2.55 bits per heavy atom. The van der Waals surface area contributed by atoms with Crippen molar-refractivity contribution in [2.24, 2.45) is 0 Å². The van der Waals surface area contributed by atoms with Gasteiger partial charge in [0, 0.05) is 26.2 Å². The number of morpholine rings is 1. The van der Waals surface area contributed by atoms with Crippen LogP contribution in [0.4, 0.5) is 0 Å².